The van der Waals surface area contributed by atoms with Crippen molar-refractivity contribution >= 4 is 53.3 Å². The number of hydrogen-bond donors (Lipinski definition) is 0. The minimum absolute atomic E-state index is 0.0230. The van der Waals surface area contributed by atoms with Crippen LogP contribution < -0.4 is 0 Å². The van der Waals surface area contributed by atoms with Gasteiger partial charge in [0.05, 0.1) is 11.0 Å². The Kier molecular flexibility index (Phi) is 4.29. The van der Waals surface area contributed by atoms with Gasteiger partial charge >= 0.3 is 0 Å². The van der Waals surface area contributed by atoms with Crippen LogP contribution in [0.3, 0.4) is 0 Å². The summed E-state index contributed by atoms with van der Waals surface area (Å²) in [7, 11) is 0. The Bertz CT molecular complexity index is 2030. The number of para-hydroxylation sites is 2. The molecule has 5 aromatic carbocycles. The third-order valence-electron chi connectivity index (χ3n) is 9.57. The Balaban J connectivity index is 1.43. The van der Waals surface area contributed by atoms with Crippen LogP contribution >= 0.6 is 11.3 Å². The number of rotatable bonds is 1. The van der Waals surface area contributed by atoms with Gasteiger partial charge in [-0.05, 0) is 51.8 Å². The monoisotopic (exact) mass is 507 g/mol. The van der Waals surface area contributed by atoms with Gasteiger partial charge in [0, 0.05) is 42.2 Å². The Morgan fingerprint density at radius 2 is 1.16 bits per heavy atom. The summed E-state index contributed by atoms with van der Waals surface area (Å²) < 4.78 is 5.17. The average Bonchev–Trinajstić information content (AvgIpc) is 3.47. The smallest absolute Gasteiger partial charge is 0.0541 e. The molecule has 0 radical (unpaired) electrons. The minimum Gasteiger partial charge on any atom is -0.309 e. The molecule has 0 saturated heterocycles. The quantitative estimate of drug-likeness (QED) is 0.208. The molecular weight excluding hydrogens is 478 g/mol. The molecule has 0 saturated carbocycles. The molecule has 0 amide bonds. The van der Waals surface area contributed by atoms with Gasteiger partial charge in [-0.15, -0.1) is 11.3 Å². The van der Waals surface area contributed by atoms with Gasteiger partial charge < -0.3 is 4.57 Å². The Morgan fingerprint density at radius 3 is 1.89 bits per heavy atom. The first-order valence-electron chi connectivity index (χ1n) is 13.5. The van der Waals surface area contributed by atoms with E-state index < -0.39 is 0 Å². The Hall–Kier alpha value is -3.88. The van der Waals surface area contributed by atoms with Crippen molar-refractivity contribution in [3.8, 4) is 16.8 Å². The van der Waals surface area contributed by atoms with Gasteiger partial charge in [0.15, 0.2) is 0 Å². The summed E-state index contributed by atoms with van der Waals surface area (Å²) in [6.07, 6.45) is 0. The van der Waals surface area contributed by atoms with Crippen molar-refractivity contribution in [3.05, 3.63) is 114 Å². The van der Waals surface area contributed by atoms with Crippen molar-refractivity contribution in [2.75, 3.05) is 0 Å². The molecule has 1 aliphatic carbocycles. The first-order valence-corrected chi connectivity index (χ1v) is 14.3. The van der Waals surface area contributed by atoms with E-state index in [-0.39, 0.29) is 10.8 Å². The predicted octanol–water partition coefficient (Wildman–Crippen LogP) is 10.4. The summed E-state index contributed by atoms with van der Waals surface area (Å²) in [5.74, 6) is 0. The molecule has 0 bridgehead atoms. The molecule has 2 aromatic heterocycles. The van der Waals surface area contributed by atoms with Crippen molar-refractivity contribution in [2.24, 2.45) is 0 Å². The third-order valence-corrected chi connectivity index (χ3v) is 10.8. The summed E-state index contributed by atoms with van der Waals surface area (Å²) in [6, 6.07) is 38.4. The number of nitrogens with zero attached hydrogens (tertiary/aromatic N) is 1. The molecule has 8 rings (SSSR count). The summed E-state index contributed by atoms with van der Waals surface area (Å²) in [5.41, 5.74) is 9.54. The highest BCUT2D eigenvalue weighted by molar-refractivity contribution is 7.26. The largest absolute Gasteiger partial charge is 0.309 e. The maximum atomic E-state index is 2.42. The van der Waals surface area contributed by atoms with Gasteiger partial charge in [0.25, 0.3) is 0 Å². The maximum absolute atomic E-state index is 2.42. The molecule has 2 heterocycles. The van der Waals surface area contributed by atoms with Crippen LogP contribution in [-0.2, 0) is 10.8 Å². The van der Waals surface area contributed by atoms with Crippen molar-refractivity contribution in [2.45, 2.75) is 38.5 Å². The van der Waals surface area contributed by atoms with Gasteiger partial charge in [0.1, 0.15) is 0 Å². The fourth-order valence-electron chi connectivity index (χ4n) is 6.88. The highest BCUT2D eigenvalue weighted by Crippen LogP contribution is 2.56. The van der Waals surface area contributed by atoms with Gasteiger partial charge in [-0.3, -0.25) is 0 Å². The molecular formula is C36H29NS. The standard InChI is InChI=1S/C36H29NS/c1-35(2)28-14-8-5-13-27(28)33-29(36(35,3)4)20-19-26-25-18-17-22(21-32(25)38-34(26)33)37-30-15-9-6-11-23(30)24-12-7-10-16-31(24)37/h5-21H,1-4H3. The second kappa shape index (κ2) is 7.36. The summed E-state index contributed by atoms with van der Waals surface area (Å²) in [4.78, 5) is 0. The lowest BCUT2D eigenvalue weighted by atomic mass is 9.55. The van der Waals surface area contributed by atoms with E-state index in [9.17, 15) is 0 Å². The van der Waals surface area contributed by atoms with Gasteiger partial charge in [0.2, 0.25) is 0 Å². The molecule has 0 atom stereocenters. The number of aromatic nitrogens is 1. The molecule has 0 fully saturated rings. The third kappa shape index (κ3) is 2.66. The van der Waals surface area contributed by atoms with Crippen molar-refractivity contribution < 1.29 is 0 Å². The van der Waals surface area contributed by atoms with E-state index in [1.165, 1.54) is 69.9 Å². The fourth-order valence-corrected chi connectivity index (χ4v) is 8.17. The second-order valence-corrected chi connectivity index (χ2v) is 12.9. The second-order valence-electron chi connectivity index (χ2n) is 11.8. The highest BCUT2D eigenvalue weighted by Gasteiger charge is 2.46. The fraction of sp³-hybridized carbons (Fsp3) is 0.167. The molecule has 0 N–H and O–H groups in total. The lowest BCUT2D eigenvalue weighted by molar-refractivity contribution is 0.299. The van der Waals surface area contributed by atoms with E-state index >= 15 is 0 Å². The average molecular weight is 508 g/mol. The Labute approximate surface area is 227 Å². The topological polar surface area (TPSA) is 4.93 Å². The normalized spacial score (nSPS) is 15.8. The summed E-state index contributed by atoms with van der Waals surface area (Å²) >= 11 is 1.95. The van der Waals surface area contributed by atoms with Crippen LogP contribution in [-0.4, -0.2) is 4.57 Å². The number of hydrogen-bond acceptors (Lipinski definition) is 1. The van der Waals surface area contributed by atoms with Crippen LogP contribution in [0.25, 0.3) is 58.8 Å². The molecule has 38 heavy (non-hydrogen) atoms. The van der Waals surface area contributed by atoms with Gasteiger partial charge in [-0.25, -0.2) is 0 Å². The molecule has 0 spiro atoms. The van der Waals surface area contributed by atoms with Gasteiger partial charge in [-0.1, -0.05) is 107 Å². The zero-order valence-corrected chi connectivity index (χ0v) is 23.0. The Morgan fingerprint density at radius 1 is 0.553 bits per heavy atom. The molecule has 1 nitrogen and oxygen atoms in total. The van der Waals surface area contributed by atoms with Crippen LogP contribution in [0.4, 0.5) is 0 Å². The van der Waals surface area contributed by atoms with Crippen LogP contribution in [0.15, 0.2) is 103 Å². The van der Waals surface area contributed by atoms with Crippen LogP contribution in [0.5, 0.6) is 0 Å². The lowest BCUT2D eigenvalue weighted by Gasteiger charge is -2.48. The zero-order chi connectivity index (χ0) is 25.8. The molecule has 0 aliphatic heterocycles. The van der Waals surface area contributed by atoms with Crippen molar-refractivity contribution in [1.29, 1.82) is 0 Å². The molecule has 184 valence electrons. The first-order chi connectivity index (χ1) is 18.4. The van der Waals surface area contributed by atoms with E-state index in [1.807, 2.05) is 11.3 Å². The van der Waals surface area contributed by atoms with Crippen molar-refractivity contribution in [1.82, 2.24) is 4.57 Å². The predicted molar refractivity (Wildman–Crippen MR) is 165 cm³/mol. The maximum Gasteiger partial charge on any atom is 0.0541 e. The molecule has 1 aliphatic rings. The SMILES string of the molecule is CC1(C)c2ccccc2-c2c(ccc3c2sc2cc(-n4c5ccccc5c5ccccc54)ccc23)C1(C)C. The summed E-state index contributed by atoms with van der Waals surface area (Å²) in [5, 5.41) is 5.31. The molecule has 0 unspecified atom stereocenters. The molecule has 7 aromatic rings. The number of benzene rings is 5. The minimum atomic E-state index is 0.0230. The zero-order valence-electron chi connectivity index (χ0n) is 22.2. The molecule has 2 heteroatoms. The van der Waals surface area contributed by atoms with Crippen molar-refractivity contribution in [3.63, 3.8) is 0 Å². The van der Waals surface area contributed by atoms with E-state index in [0.29, 0.717) is 0 Å². The van der Waals surface area contributed by atoms with Crippen LogP contribution in [0.1, 0.15) is 38.8 Å². The van der Waals surface area contributed by atoms with Crippen LogP contribution in [0.2, 0.25) is 0 Å². The van der Waals surface area contributed by atoms with E-state index in [2.05, 4.69) is 135 Å². The van der Waals surface area contributed by atoms with E-state index in [4.69, 9.17) is 0 Å². The lowest BCUT2D eigenvalue weighted by Crippen LogP contribution is -2.43. The highest BCUT2D eigenvalue weighted by atomic mass is 32.1. The van der Waals surface area contributed by atoms with E-state index in [0.717, 1.165) is 0 Å². The van der Waals surface area contributed by atoms with E-state index in [1.54, 1.807) is 0 Å². The number of thiophene rings is 1. The summed E-state index contributed by atoms with van der Waals surface area (Å²) in [6.45, 7) is 9.65. The van der Waals surface area contributed by atoms with Crippen LogP contribution in [0, 0.1) is 0 Å². The first kappa shape index (κ1) is 22.1. The van der Waals surface area contributed by atoms with Gasteiger partial charge in [-0.2, -0.15) is 0 Å². The number of fused-ring (bicyclic) bond motifs is 10.